The summed E-state index contributed by atoms with van der Waals surface area (Å²) in [5, 5.41) is -0.128. The van der Waals surface area contributed by atoms with Crippen LogP contribution in [0.2, 0.25) is 0 Å². The molecule has 2 rings (SSSR count). The minimum absolute atomic E-state index is 0.0226. The summed E-state index contributed by atoms with van der Waals surface area (Å²) in [6, 6.07) is 1.85. The third kappa shape index (κ3) is 1.85. The fourth-order valence-corrected chi connectivity index (χ4v) is 2.15. The molecule has 2 heterocycles. The van der Waals surface area contributed by atoms with E-state index in [1.54, 1.807) is 18.2 Å². The third-order valence-corrected chi connectivity index (χ3v) is 2.93. The highest BCUT2D eigenvalue weighted by Gasteiger charge is 2.32. The first kappa shape index (κ1) is 11.2. The molecule has 1 aliphatic heterocycles. The second kappa shape index (κ2) is 4.29. The van der Waals surface area contributed by atoms with Crippen molar-refractivity contribution < 1.29 is 9.53 Å². The molecule has 86 valence electrons. The zero-order valence-electron chi connectivity index (χ0n) is 9.24. The van der Waals surface area contributed by atoms with E-state index in [0.29, 0.717) is 18.8 Å². The van der Waals surface area contributed by atoms with E-state index in [4.69, 9.17) is 16.3 Å². The van der Waals surface area contributed by atoms with Gasteiger partial charge in [0, 0.05) is 19.2 Å². The molecule has 1 amide bonds. The van der Waals surface area contributed by atoms with Gasteiger partial charge >= 0.3 is 0 Å². The number of pyridine rings is 1. The fraction of sp³-hybridized carbons (Fsp3) is 0.455. The molecule has 1 saturated heterocycles. The maximum atomic E-state index is 11.8. The van der Waals surface area contributed by atoms with Crippen molar-refractivity contribution in [2.45, 2.75) is 18.7 Å². The SMILES string of the molecule is COc1nccc(C)c1N1CC(Cl)CC1=O. The number of carbonyl (C=O) groups is 1. The predicted molar refractivity (Wildman–Crippen MR) is 62.1 cm³/mol. The van der Waals surface area contributed by atoms with Gasteiger partial charge in [-0.05, 0) is 18.6 Å². The summed E-state index contributed by atoms with van der Waals surface area (Å²) < 4.78 is 5.17. The Bertz CT molecular complexity index is 422. The van der Waals surface area contributed by atoms with Gasteiger partial charge in [-0.15, -0.1) is 11.6 Å². The van der Waals surface area contributed by atoms with Gasteiger partial charge < -0.3 is 9.64 Å². The van der Waals surface area contributed by atoms with Gasteiger partial charge in [-0.2, -0.15) is 0 Å². The Balaban J connectivity index is 2.43. The number of alkyl halides is 1. The van der Waals surface area contributed by atoms with Crippen LogP contribution < -0.4 is 9.64 Å². The predicted octanol–water partition coefficient (Wildman–Crippen LogP) is 1.74. The van der Waals surface area contributed by atoms with Gasteiger partial charge in [0.25, 0.3) is 0 Å². The summed E-state index contributed by atoms with van der Waals surface area (Å²) in [6.07, 6.45) is 2.04. The zero-order valence-corrected chi connectivity index (χ0v) is 9.99. The van der Waals surface area contributed by atoms with Crippen molar-refractivity contribution in [1.29, 1.82) is 0 Å². The van der Waals surface area contributed by atoms with E-state index in [-0.39, 0.29) is 11.3 Å². The number of aryl methyl sites for hydroxylation is 1. The number of nitrogens with zero attached hydrogens (tertiary/aromatic N) is 2. The molecule has 1 aromatic heterocycles. The summed E-state index contributed by atoms with van der Waals surface area (Å²) >= 11 is 5.98. The molecule has 1 atom stereocenters. The van der Waals surface area contributed by atoms with Crippen molar-refractivity contribution in [3.8, 4) is 5.88 Å². The molecule has 5 heteroatoms. The minimum atomic E-state index is -0.128. The van der Waals surface area contributed by atoms with Gasteiger partial charge in [0.2, 0.25) is 11.8 Å². The smallest absolute Gasteiger partial charge is 0.237 e. The number of anilines is 1. The van der Waals surface area contributed by atoms with E-state index in [1.807, 2.05) is 13.0 Å². The summed E-state index contributed by atoms with van der Waals surface area (Å²) in [4.78, 5) is 17.5. The quantitative estimate of drug-likeness (QED) is 0.740. The number of aromatic nitrogens is 1. The second-order valence-corrected chi connectivity index (χ2v) is 4.41. The van der Waals surface area contributed by atoms with E-state index in [9.17, 15) is 4.79 Å². The molecule has 1 unspecified atom stereocenters. The Morgan fingerprint density at radius 1 is 1.62 bits per heavy atom. The van der Waals surface area contributed by atoms with Gasteiger partial charge in [-0.3, -0.25) is 4.79 Å². The van der Waals surface area contributed by atoms with E-state index in [1.165, 1.54) is 0 Å². The van der Waals surface area contributed by atoms with Crippen LogP contribution in [0.3, 0.4) is 0 Å². The largest absolute Gasteiger partial charge is 0.480 e. The monoisotopic (exact) mass is 240 g/mol. The van der Waals surface area contributed by atoms with Gasteiger partial charge in [-0.25, -0.2) is 4.98 Å². The van der Waals surface area contributed by atoms with Crippen LogP contribution in [-0.2, 0) is 4.79 Å². The van der Waals surface area contributed by atoms with Gasteiger partial charge in [0.05, 0.1) is 12.5 Å². The highest BCUT2D eigenvalue weighted by molar-refractivity contribution is 6.24. The number of amides is 1. The van der Waals surface area contributed by atoms with Crippen LogP contribution >= 0.6 is 11.6 Å². The van der Waals surface area contributed by atoms with E-state index in [2.05, 4.69) is 4.98 Å². The first-order chi connectivity index (χ1) is 7.63. The highest BCUT2D eigenvalue weighted by atomic mass is 35.5. The standard InChI is InChI=1S/C11H13ClN2O2/c1-7-3-4-13-11(16-2)10(7)14-6-8(12)5-9(14)15/h3-4,8H,5-6H2,1-2H3. The maximum absolute atomic E-state index is 11.8. The lowest BCUT2D eigenvalue weighted by molar-refractivity contribution is -0.117. The summed E-state index contributed by atoms with van der Waals surface area (Å²) in [5.74, 6) is 0.494. The van der Waals surface area contributed by atoms with Crippen molar-refractivity contribution in [3.05, 3.63) is 17.8 Å². The van der Waals surface area contributed by atoms with E-state index < -0.39 is 0 Å². The lowest BCUT2D eigenvalue weighted by Crippen LogP contribution is -2.26. The van der Waals surface area contributed by atoms with Gasteiger partial charge in [-0.1, -0.05) is 0 Å². The topological polar surface area (TPSA) is 42.4 Å². The van der Waals surface area contributed by atoms with Crippen molar-refractivity contribution in [1.82, 2.24) is 4.98 Å². The second-order valence-electron chi connectivity index (χ2n) is 3.79. The fourth-order valence-electron chi connectivity index (χ4n) is 1.88. The summed E-state index contributed by atoms with van der Waals surface area (Å²) in [6.45, 7) is 2.44. The molecule has 1 fully saturated rings. The van der Waals surface area contributed by atoms with Gasteiger partial charge in [0.15, 0.2) is 0 Å². The Labute approximate surface area is 99.2 Å². The summed E-state index contributed by atoms with van der Waals surface area (Å²) in [7, 11) is 1.55. The molecule has 16 heavy (non-hydrogen) atoms. The van der Waals surface area contributed by atoms with Gasteiger partial charge in [0.1, 0.15) is 5.69 Å². The molecule has 0 spiro atoms. The number of carbonyl (C=O) groups excluding carboxylic acids is 1. The number of ether oxygens (including phenoxy) is 1. The Kier molecular flexibility index (Phi) is 3.01. The van der Waals surface area contributed by atoms with Crippen LogP contribution in [0.15, 0.2) is 12.3 Å². The Morgan fingerprint density at radius 2 is 2.38 bits per heavy atom. The van der Waals surface area contributed by atoms with Crippen molar-refractivity contribution in [2.75, 3.05) is 18.6 Å². The molecule has 0 aliphatic carbocycles. The van der Waals surface area contributed by atoms with Crippen molar-refractivity contribution in [2.24, 2.45) is 0 Å². The van der Waals surface area contributed by atoms with E-state index >= 15 is 0 Å². The van der Waals surface area contributed by atoms with Crippen LogP contribution in [0.25, 0.3) is 0 Å². The molecule has 4 nitrogen and oxygen atoms in total. The van der Waals surface area contributed by atoms with Crippen LogP contribution in [0.1, 0.15) is 12.0 Å². The molecule has 1 aromatic rings. The molecule has 1 aliphatic rings. The number of halogens is 1. The number of hydrogen-bond acceptors (Lipinski definition) is 3. The molecule has 0 bridgehead atoms. The molecule has 0 N–H and O–H groups in total. The molecule has 0 aromatic carbocycles. The maximum Gasteiger partial charge on any atom is 0.237 e. The number of rotatable bonds is 2. The van der Waals surface area contributed by atoms with Crippen LogP contribution in [-0.4, -0.2) is 29.9 Å². The van der Waals surface area contributed by atoms with Crippen LogP contribution in [0, 0.1) is 6.92 Å². The number of methoxy groups -OCH3 is 1. The average Bonchev–Trinajstić information content (AvgIpc) is 2.57. The van der Waals surface area contributed by atoms with Crippen LogP contribution in [0.4, 0.5) is 5.69 Å². The lowest BCUT2D eigenvalue weighted by atomic mass is 10.2. The first-order valence-electron chi connectivity index (χ1n) is 5.07. The normalized spacial score (nSPS) is 20.3. The molecular weight excluding hydrogens is 228 g/mol. The third-order valence-electron chi connectivity index (χ3n) is 2.63. The lowest BCUT2D eigenvalue weighted by Gasteiger charge is -2.20. The van der Waals surface area contributed by atoms with Crippen molar-refractivity contribution in [3.63, 3.8) is 0 Å². The Morgan fingerprint density at radius 3 is 2.94 bits per heavy atom. The van der Waals surface area contributed by atoms with Crippen LogP contribution in [0.5, 0.6) is 5.88 Å². The highest BCUT2D eigenvalue weighted by Crippen LogP contribution is 2.33. The van der Waals surface area contributed by atoms with Crippen molar-refractivity contribution >= 4 is 23.2 Å². The first-order valence-corrected chi connectivity index (χ1v) is 5.51. The molecule has 0 saturated carbocycles. The number of hydrogen-bond donors (Lipinski definition) is 0. The molecular formula is C11H13ClN2O2. The van der Waals surface area contributed by atoms with E-state index in [0.717, 1.165) is 11.3 Å². The molecule has 0 radical (unpaired) electrons. The zero-order chi connectivity index (χ0) is 11.7. The Hall–Kier alpha value is -1.29. The minimum Gasteiger partial charge on any atom is -0.480 e. The average molecular weight is 241 g/mol. The summed E-state index contributed by atoms with van der Waals surface area (Å²) in [5.41, 5.74) is 1.70.